The normalized spacial score (nSPS) is 18.4. The van der Waals surface area contributed by atoms with Crippen molar-refractivity contribution in [2.24, 2.45) is 10.6 Å². The smallest absolute Gasteiger partial charge is 0.340 e. The molecule has 0 aromatic carbocycles. The molecular weight excluding hydrogens is 268 g/mol. The molecule has 0 bridgehead atoms. The quantitative estimate of drug-likeness (QED) is 0.516. The Morgan fingerprint density at radius 1 is 1.38 bits per heavy atom. The van der Waals surface area contributed by atoms with Gasteiger partial charge in [0.2, 0.25) is 0 Å². The lowest BCUT2D eigenvalue weighted by Gasteiger charge is -2.32. The van der Waals surface area contributed by atoms with Gasteiger partial charge >= 0.3 is 5.97 Å². The van der Waals surface area contributed by atoms with Crippen molar-refractivity contribution in [2.75, 3.05) is 6.61 Å². The molecule has 114 valence electrons. The maximum atomic E-state index is 12.1. The van der Waals surface area contributed by atoms with Gasteiger partial charge in [-0.2, -0.15) is 0 Å². The molecule has 5 heteroatoms. The van der Waals surface area contributed by atoms with Crippen LogP contribution in [0.15, 0.2) is 5.16 Å². The first-order valence-corrected chi connectivity index (χ1v) is 7.19. The van der Waals surface area contributed by atoms with Gasteiger partial charge in [-0.1, -0.05) is 19.0 Å². The van der Waals surface area contributed by atoms with Crippen LogP contribution in [0.3, 0.4) is 0 Å². The maximum absolute atomic E-state index is 12.1. The van der Waals surface area contributed by atoms with Gasteiger partial charge < -0.3 is 9.94 Å². The van der Waals surface area contributed by atoms with Gasteiger partial charge in [-0.25, -0.2) is 4.79 Å². The van der Waals surface area contributed by atoms with E-state index in [4.69, 9.17) is 4.74 Å². The number of hydrogen-bond acceptors (Lipinski definition) is 5. The summed E-state index contributed by atoms with van der Waals surface area (Å²) in [5.74, 6) is -0.370. The number of carbonyl (C=O) groups is 1. The largest absolute Gasteiger partial charge is 0.462 e. The third kappa shape index (κ3) is 2.77. The molecule has 2 rings (SSSR count). The summed E-state index contributed by atoms with van der Waals surface area (Å²) >= 11 is 0. The lowest BCUT2D eigenvalue weighted by molar-refractivity contribution is 0.0524. The van der Waals surface area contributed by atoms with Gasteiger partial charge in [0.25, 0.3) is 0 Å². The molecule has 5 nitrogen and oxygen atoms in total. The van der Waals surface area contributed by atoms with Crippen LogP contribution in [0.1, 0.15) is 60.1 Å². The van der Waals surface area contributed by atoms with Gasteiger partial charge in [-0.05, 0) is 44.6 Å². The zero-order valence-corrected chi connectivity index (χ0v) is 13.3. The van der Waals surface area contributed by atoms with Gasteiger partial charge in [0.1, 0.15) is 0 Å². The number of ether oxygens (including phenoxy) is 1. The molecule has 0 aliphatic heterocycles. The number of oxime groups is 1. The molecule has 0 saturated carbocycles. The average molecular weight is 290 g/mol. The second-order valence-electron chi connectivity index (χ2n) is 6.30. The van der Waals surface area contributed by atoms with Crippen LogP contribution in [0.2, 0.25) is 0 Å². The highest BCUT2D eigenvalue weighted by Gasteiger charge is 2.34. The Bertz CT molecular complexity index is 618. The van der Waals surface area contributed by atoms with E-state index in [-0.39, 0.29) is 11.4 Å². The Labute approximate surface area is 125 Å². The van der Waals surface area contributed by atoms with Crippen LogP contribution in [0, 0.1) is 19.3 Å². The minimum atomic E-state index is -0.370. The van der Waals surface area contributed by atoms with E-state index in [9.17, 15) is 10.0 Å². The number of pyridine rings is 1. The molecule has 0 atom stereocenters. The average Bonchev–Trinajstić information content (AvgIpc) is 2.36. The predicted octanol–water partition coefficient (Wildman–Crippen LogP) is 3.03. The minimum absolute atomic E-state index is 0.00805. The lowest BCUT2D eigenvalue weighted by Crippen LogP contribution is -2.30. The molecule has 0 radical (unpaired) electrons. The molecule has 0 spiro atoms. The summed E-state index contributed by atoms with van der Waals surface area (Å²) in [6.07, 6.45) is 1.45. The molecule has 1 aliphatic rings. The summed E-state index contributed by atoms with van der Waals surface area (Å²) in [7, 11) is 0. The fourth-order valence-corrected chi connectivity index (χ4v) is 3.08. The molecule has 0 fully saturated rings. The highest BCUT2D eigenvalue weighted by molar-refractivity contribution is 6.06. The number of nitrogens with zero attached hydrogens (tertiary/aromatic N) is 2. The van der Waals surface area contributed by atoms with Crippen molar-refractivity contribution >= 4 is 11.7 Å². The van der Waals surface area contributed by atoms with Crippen LogP contribution in [-0.4, -0.2) is 28.5 Å². The van der Waals surface area contributed by atoms with Crippen LogP contribution in [-0.2, 0) is 11.2 Å². The van der Waals surface area contributed by atoms with Gasteiger partial charge in [-0.3, -0.25) is 4.98 Å². The molecule has 1 aromatic rings. The standard InChI is InChI=1S/C16H22N2O3/c1-6-21-15(19)13-9(2)14-11(17-10(13)3)7-16(4,5)8-12(14)18-20/h20H,6-8H2,1-5H3. The van der Waals surface area contributed by atoms with Crippen molar-refractivity contribution in [3.8, 4) is 0 Å². The molecule has 1 heterocycles. The molecule has 1 aromatic heterocycles. The first kappa shape index (κ1) is 15.5. The van der Waals surface area contributed by atoms with Gasteiger partial charge in [0, 0.05) is 5.56 Å². The van der Waals surface area contributed by atoms with E-state index in [1.165, 1.54) is 0 Å². The summed E-state index contributed by atoms with van der Waals surface area (Å²) in [4.78, 5) is 16.7. The van der Waals surface area contributed by atoms with E-state index in [2.05, 4.69) is 24.0 Å². The number of carbonyl (C=O) groups excluding carboxylic acids is 1. The van der Waals surface area contributed by atoms with Crippen LogP contribution < -0.4 is 0 Å². The molecule has 21 heavy (non-hydrogen) atoms. The Kier molecular flexibility index (Phi) is 4.03. The maximum Gasteiger partial charge on any atom is 0.340 e. The van der Waals surface area contributed by atoms with Gasteiger partial charge in [-0.15, -0.1) is 0 Å². The Balaban J connectivity index is 2.65. The van der Waals surface area contributed by atoms with Crippen LogP contribution in [0.5, 0.6) is 0 Å². The zero-order valence-electron chi connectivity index (χ0n) is 13.3. The third-order valence-electron chi connectivity index (χ3n) is 3.88. The highest BCUT2D eigenvalue weighted by Crippen LogP contribution is 2.37. The Hall–Kier alpha value is -1.91. The summed E-state index contributed by atoms with van der Waals surface area (Å²) in [6, 6.07) is 0. The molecule has 0 unspecified atom stereocenters. The van der Waals surface area contributed by atoms with Crippen LogP contribution in [0.25, 0.3) is 0 Å². The first-order chi connectivity index (χ1) is 9.80. The van der Waals surface area contributed by atoms with Crippen LogP contribution in [0.4, 0.5) is 0 Å². The fourth-order valence-electron chi connectivity index (χ4n) is 3.08. The lowest BCUT2D eigenvalue weighted by atomic mass is 9.73. The van der Waals surface area contributed by atoms with E-state index < -0.39 is 0 Å². The monoisotopic (exact) mass is 290 g/mol. The van der Waals surface area contributed by atoms with Crippen molar-refractivity contribution in [2.45, 2.75) is 47.5 Å². The molecule has 1 N–H and O–H groups in total. The number of esters is 1. The number of rotatable bonds is 2. The molecule has 0 amide bonds. The highest BCUT2D eigenvalue weighted by atomic mass is 16.5. The van der Waals surface area contributed by atoms with E-state index >= 15 is 0 Å². The van der Waals surface area contributed by atoms with Crippen LogP contribution >= 0.6 is 0 Å². The number of aryl methyl sites for hydroxylation is 1. The topological polar surface area (TPSA) is 71.8 Å². The van der Waals surface area contributed by atoms with Crippen molar-refractivity contribution in [3.05, 3.63) is 28.1 Å². The summed E-state index contributed by atoms with van der Waals surface area (Å²) in [6.45, 7) is 10.0. The summed E-state index contributed by atoms with van der Waals surface area (Å²) in [5, 5.41) is 12.8. The van der Waals surface area contributed by atoms with Crippen molar-refractivity contribution < 1.29 is 14.7 Å². The molecular formula is C16H22N2O3. The number of aromatic nitrogens is 1. The first-order valence-electron chi connectivity index (χ1n) is 7.19. The second kappa shape index (κ2) is 5.47. The van der Waals surface area contributed by atoms with Gasteiger partial charge in [0.05, 0.1) is 29.3 Å². The Morgan fingerprint density at radius 3 is 2.62 bits per heavy atom. The zero-order chi connectivity index (χ0) is 15.8. The van der Waals surface area contributed by atoms with Crippen molar-refractivity contribution in [1.29, 1.82) is 0 Å². The fraction of sp³-hybridized carbons (Fsp3) is 0.562. The summed E-state index contributed by atoms with van der Waals surface area (Å²) < 4.78 is 5.11. The second-order valence-corrected chi connectivity index (χ2v) is 6.30. The van der Waals surface area contributed by atoms with E-state index in [1.54, 1.807) is 6.92 Å². The third-order valence-corrected chi connectivity index (χ3v) is 3.88. The summed E-state index contributed by atoms with van der Waals surface area (Å²) in [5.41, 5.74) is 4.21. The predicted molar refractivity (Wildman–Crippen MR) is 80.1 cm³/mol. The number of hydrogen-bond donors (Lipinski definition) is 1. The van der Waals surface area contributed by atoms with E-state index in [1.807, 2.05) is 13.8 Å². The molecule has 0 saturated heterocycles. The van der Waals surface area contributed by atoms with Gasteiger partial charge in [0.15, 0.2) is 0 Å². The minimum Gasteiger partial charge on any atom is -0.462 e. The Morgan fingerprint density at radius 2 is 2.05 bits per heavy atom. The van der Waals surface area contributed by atoms with E-state index in [0.717, 1.165) is 23.2 Å². The SMILES string of the molecule is CCOC(=O)c1c(C)nc2c(c1C)C(=NO)CC(C)(C)C2. The van der Waals surface area contributed by atoms with Crippen molar-refractivity contribution in [3.63, 3.8) is 0 Å². The molecule has 1 aliphatic carbocycles. The van der Waals surface area contributed by atoms with Crippen molar-refractivity contribution in [1.82, 2.24) is 4.98 Å². The van der Waals surface area contributed by atoms with E-state index in [0.29, 0.717) is 30.0 Å². The number of fused-ring (bicyclic) bond motifs is 1.